The van der Waals surface area contributed by atoms with Gasteiger partial charge in [-0.15, -0.1) is 30.4 Å². The largest absolute Gasteiger partial charge is 0.466 e. The quantitative estimate of drug-likeness (QED) is 0.315. The number of aliphatic hydroxyl groups is 1. The van der Waals surface area contributed by atoms with Gasteiger partial charge in [0.15, 0.2) is 5.96 Å². The maximum absolute atomic E-state index is 10.5. The van der Waals surface area contributed by atoms with E-state index in [4.69, 9.17) is 10.8 Å². The Bertz CT molecular complexity index is 501. The first-order valence-electron chi connectivity index (χ1n) is 6.08. The fourth-order valence-corrected chi connectivity index (χ4v) is 1.87. The van der Waals surface area contributed by atoms with Crippen LogP contribution < -0.4 is 10.6 Å². The van der Waals surface area contributed by atoms with Crippen molar-refractivity contribution in [3.63, 3.8) is 0 Å². The molecule has 1 unspecified atom stereocenters. The number of hydrogen-bond donors (Lipinski definition) is 3. The highest BCUT2D eigenvalue weighted by atomic mass is 127. The van der Waals surface area contributed by atoms with Gasteiger partial charge in [-0.25, -0.2) is 0 Å². The van der Waals surface area contributed by atoms with Gasteiger partial charge in [-0.05, 0) is 26.8 Å². The highest BCUT2D eigenvalue weighted by Crippen LogP contribution is 2.26. The Kier molecular flexibility index (Phi) is 7.68. The number of nitrogens with one attached hydrogen (secondary N) is 2. The van der Waals surface area contributed by atoms with Crippen molar-refractivity contribution < 1.29 is 9.52 Å². The molecule has 1 atom stereocenters. The Labute approximate surface area is 137 Å². The van der Waals surface area contributed by atoms with Crippen LogP contribution >= 0.6 is 24.0 Å². The second-order valence-electron chi connectivity index (χ2n) is 4.58. The maximum Gasteiger partial charge on any atom is 0.191 e. The molecule has 0 amide bonds. The summed E-state index contributed by atoms with van der Waals surface area (Å²) >= 11 is 0. The third kappa shape index (κ3) is 5.06. The van der Waals surface area contributed by atoms with Crippen molar-refractivity contribution in [2.45, 2.75) is 26.4 Å². The van der Waals surface area contributed by atoms with Crippen molar-refractivity contribution in [3.8, 4) is 12.3 Å². The van der Waals surface area contributed by atoms with Crippen molar-refractivity contribution in [3.05, 3.63) is 23.2 Å². The van der Waals surface area contributed by atoms with E-state index in [-0.39, 0.29) is 24.0 Å². The Hall–Kier alpha value is -1.20. The zero-order valence-electron chi connectivity index (χ0n) is 12.3. The van der Waals surface area contributed by atoms with Crippen molar-refractivity contribution in [1.29, 1.82) is 0 Å². The van der Waals surface area contributed by atoms with E-state index in [1.165, 1.54) is 0 Å². The van der Waals surface area contributed by atoms with Crippen molar-refractivity contribution in [2.75, 3.05) is 20.1 Å². The molecule has 0 aromatic carbocycles. The van der Waals surface area contributed by atoms with E-state index in [2.05, 4.69) is 21.5 Å². The maximum atomic E-state index is 10.5. The Morgan fingerprint density at radius 3 is 2.60 bits per heavy atom. The van der Waals surface area contributed by atoms with Gasteiger partial charge in [0.1, 0.15) is 17.1 Å². The molecule has 6 heteroatoms. The second kappa shape index (κ2) is 8.17. The molecule has 0 fully saturated rings. The fourth-order valence-electron chi connectivity index (χ4n) is 1.87. The zero-order chi connectivity index (χ0) is 14.5. The molecule has 1 heterocycles. The van der Waals surface area contributed by atoms with Crippen LogP contribution in [0.15, 0.2) is 15.5 Å². The van der Waals surface area contributed by atoms with E-state index in [1.807, 2.05) is 19.9 Å². The lowest BCUT2D eigenvalue weighted by Crippen LogP contribution is -2.44. The van der Waals surface area contributed by atoms with Crippen LogP contribution in [0.25, 0.3) is 0 Å². The summed E-state index contributed by atoms with van der Waals surface area (Å²) < 4.78 is 5.44. The molecule has 20 heavy (non-hydrogen) atoms. The normalized spacial score (nSPS) is 13.9. The molecular formula is C14H22IN3O2. The molecule has 1 aromatic rings. The number of furan rings is 1. The average Bonchev–Trinajstić information content (AvgIpc) is 2.69. The predicted molar refractivity (Wildman–Crippen MR) is 91.4 cm³/mol. The van der Waals surface area contributed by atoms with E-state index in [0.717, 1.165) is 17.1 Å². The number of halogens is 1. The van der Waals surface area contributed by atoms with E-state index in [9.17, 15) is 5.11 Å². The van der Waals surface area contributed by atoms with Crippen LogP contribution in [0.2, 0.25) is 0 Å². The molecular weight excluding hydrogens is 369 g/mol. The molecule has 112 valence electrons. The number of rotatable bonds is 4. The minimum atomic E-state index is -1.05. The standard InChI is InChI=1S/C14H21N3O2.HI/c1-6-7-16-13(15-5)17-9-14(4,18)12-8-10(2)19-11(12)3;/h1,8,18H,7,9H2,2-5H3,(H2,15,16,17);1H. The molecule has 0 aliphatic carbocycles. The molecule has 3 N–H and O–H groups in total. The lowest BCUT2D eigenvalue weighted by molar-refractivity contribution is 0.0602. The molecule has 0 spiro atoms. The molecule has 5 nitrogen and oxygen atoms in total. The first kappa shape index (κ1) is 18.8. The van der Waals surface area contributed by atoms with Crippen molar-refractivity contribution in [2.24, 2.45) is 4.99 Å². The number of hydrogen-bond acceptors (Lipinski definition) is 3. The smallest absolute Gasteiger partial charge is 0.191 e. The van der Waals surface area contributed by atoms with Gasteiger partial charge in [-0.3, -0.25) is 4.99 Å². The minimum absolute atomic E-state index is 0. The van der Waals surface area contributed by atoms with Crippen LogP contribution in [-0.4, -0.2) is 31.2 Å². The van der Waals surface area contributed by atoms with E-state index in [1.54, 1.807) is 14.0 Å². The summed E-state index contributed by atoms with van der Waals surface area (Å²) in [4.78, 5) is 4.01. The summed E-state index contributed by atoms with van der Waals surface area (Å²) in [7, 11) is 1.65. The van der Waals surface area contributed by atoms with Crippen LogP contribution in [0.4, 0.5) is 0 Å². The lowest BCUT2D eigenvalue weighted by atomic mass is 9.96. The molecule has 0 radical (unpaired) electrons. The van der Waals surface area contributed by atoms with Gasteiger partial charge < -0.3 is 20.2 Å². The van der Waals surface area contributed by atoms with Crippen LogP contribution in [0.1, 0.15) is 24.0 Å². The highest BCUT2D eigenvalue weighted by molar-refractivity contribution is 14.0. The lowest BCUT2D eigenvalue weighted by Gasteiger charge is -2.24. The first-order chi connectivity index (χ1) is 8.90. The molecule has 0 saturated heterocycles. The number of terminal acetylenes is 1. The van der Waals surface area contributed by atoms with Crippen molar-refractivity contribution in [1.82, 2.24) is 10.6 Å². The molecule has 1 aromatic heterocycles. The van der Waals surface area contributed by atoms with Gasteiger partial charge in [-0.2, -0.15) is 0 Å². The highest BCUT2D eigenvalue weighted by Gasteiger charge is 2.27. The van der Waals surface area contributed by atoms with Gasteiger partial charge in [-0.1, -0.05) is 5.92 Å². The number of aliphatic imine (C=N–C) groups is 1. The summed E-state index contributed by atoms with van der Waals surface area (Å²) in [5, 5.41) is 16.5. The number of nitrogens with zero attached hydrogens (tertiary/aromatic N) is 1. The third-order valence-electron chi connectivity index (χ3n) is 2.80. The van der Waals surface area contributed by atoms with Gasteiger partial charge in [0.2, 0.25) is 0 Å². The Morgan fingerprint density at radius 2 is 2.15 bits per heavy atom. The molecule has 0 aliphatic rings. The summed E-state index contributed by atoms with van der Waals surface area (Å²) in [5.41, 5.74) is -0.278. The van der Waals surface area contributed by atoms with Gasteiger partial charge in [0, 0.05) is 12.6 Å². The second-order valence-corrected chi connectivity index (χ2v) is 4.58. The number of aryl methyl sites for hydroxylation is 2. The van der Waals surface area contributed by atoms with Crippen LogP contribution in [0, 0.1) is 26.2 Å². The first-order valence-corrected chi connectivity index (χ1v) is 6.08. The zero-order valence-corrected chi connectivity index (χ0v) is 14.6. The Morgan fingerprint density at radius 1 is 1.50 bits per heavy atom. The minimum Gasteiger partial charge on any atom is -0.466 e. The molecule has 0 saturated carbocycles. The van der Waals surface area contributed by atoms with Crippen LogP contribution in [0.3, 0.4) is 0 Å². The third-order valence-corrected chi connectivity index (χ3v) is 2.80. The molecule has 1 rings (SSSR count). The fraction of sp³-hybridized carbons (Fsp3) is 0.500. The van der Waals surface area contributed by atoms with E-state index < -0.39 is 5.60 Å². The van der Waals surface area contributed by atoms with Gasteiger partial charge in [0.05, 0.1) is 13.1 Å². The Balaban J connectivity index is 0.00000361. The summed E-state index contributed by atoms with van der Waals surface area (Å²) in [6, 6.07) is 1.84. The topological polar surface area (TPSA) is 69.8 Å². The molecule has 0 aliphatic heterocycles. The van der Waals surface area contributed by atoms with Gasteiger partial charge >= 0.3 is 0 Å². The van der Waals surface area contributed by atoms with E-state index >= 15 is 0 Å². The average molecular weight is 391 g/mol. The SMILES string of the molecule is C#CCNC(=NC)NCC(C)(O)c1cc(C)oc1C.I. The predicted octanol–water partition coefficient (Wildman–Crippen LogP) is 1.52. The summed E-state index contributed by atoms with van der Waals surface area (Å²) in [6.45, 7) is 6.10. The van der Waals surface area contributed by atoms with Crippen LogP contribution in [0.5, 0.6) is 0 Å². The molecule has 0 bridgehead atoms. The number of guanidine groups is 1. The summed E-state index contributed by atoms with van der Waals surface area (Å²) in [5.74, 6) is 4.51. The van der Waals surface area contributed by atoms with Crippen molar-refractivity contribution >= 4 is 29.9 Å². The summed E-state index contributed by atoms with van der Waals surface area (Å²) in [6.07, 6.45) is 5.17. The monoisotopic (exact) mass is 391 g/mol. The van der Waals surface area contributed by atoms with E-state index in [0.29, 0.717) is 19.0 Å². The van der Waals surface area contributed by atoms with Crippen LogP contribution in [-0.2, 0) is 5.60 Å². The van der Waals surface area contributed by atoms with Gasteiger partial charge in [0.25, 0.3) is 0 Å².